The van der Waals surface area contributed by atoms with Crippen LogP contribution in [0.15, 0.2) is 0 Å². The Bertz CT molecular complexity index is 732. The zero-order valence-corrected chi connectivity index (χ0v) is 15.9. The molecule has 2 amide bonds. The fourth-order valence-corrected chi connectivity index (χ4v) is 3.75. The molecule has 2 aliphatic rings. The van der Waals surface area contributed by atoms with Crippen molar-refractivity contribution in [2.75, 3.05) is 45.8 Å². The fraction of sp³-hybridized carbons (Fsp3) is 0.706. The average Bonchev–Trinajstić information content (AvgIpc) is 3.24. The van der Waals surface area contributed by atoms with Gasteiger partial charge in [-0.2, -0.15) is 5.10 Å². The number of amides is 2. The van der Waals surface area contributed by atoms with Gasteiger partial charge in [0, 0.05) is 39.3 Å². The van der Waals surface area contributed by atoms with Gasteiger partial charge in [-0.15, -0.1) is 0 Å². The van der Waals surface area contributed by atoms with E-state index in [1.165, 1.54) is 4.68 Å². The van der Waals surface area contributed by atoms with E-state index in [2.05, 4.69) is 10.00 Å². The summed E-state index contributed by atoms with van der Waals surface area (Å²) in [5.41, 5.74) is 0.671. The van der Waals surface area contributed by atoms with Gasteiger partial charge in [0.15, 0.2) is 0 Å². The van der Waals surface area contributed by atoms with Crippen molar-refractivity contribution < 1.29 is 14.5 Å². The van der Waals surface area contributed by atoms with Gasteiger partial charge in [0.2, 0.25) is 11.8 Å². The molecule has 10 nitrogen and oxygen atoms in total. The maximum Gasteiger partial charge on any atom is 0.312 e. The van der Waals surface area contributed by atoms with Crippen molar-refractivity contribution in [1.29, 1.82) is 0 Å². The molecule has 0 aromatic carbocycles. The number of nitrogens with zero attached hydrogens (tertiary/aromatic N) is 6. The lowest BCUT2D eigenvalue weighted by Gasteiger charge is -2.35. The molecule has 1 aromatic heterocycles. The summed E-state index contributed by atoms with van der Waals surface area (Å²) in [6.45, 7) is 7.69. The van der Waals surface area contributed by atoms with Crippen LogP contribution in [0, 0.1) is 24.0 Å². The first kappa shape index (κ1) is 19.3. The number of hydrogen-bond donors (Lipinski definition) is 0. The van der Waals surface area contributed by atoms with Gasteiger partial charge in [0.1, 0.15) is 17.9 Å². The third-order valence-electron chi connectivity index (χ3n) is 5.35. The van der Waals surface area contributed by atoms with Crippen molar-refractivity contribution in [1.82, 2.24) is 24.5 Å². The summed E-state index contributed by atoms with van der Waals surface area (Å²) in [5.74, 6) is 0.0586. The molecule has 10 heteroatoms. The van der Waals surface area contributed by atoms with Crippen molar-refractivity contribution in [2.24, 2.45) is 0 Å². The normalized spacial score (nSPS) is 18.1. The lowest BCUT2D eigenvalue weighted by Crippen LogP contribution is -2.52. The molecule has 0 unspecified atom stereocenters. The van der Waals surface area contributed by atoms with Gasteiger partial charge < -0.3 is 9.80 Å². The molecule has 0 radical (unpaired) electrons. The molecule has 0 aliphatic carbocycles. The molecular formula is C17H26N6O4. The molecule has 1 aromatic rings. The van der Waals surface area contributed by atoms with Crippen LogP contribution in [0.4, 0.5) is 5.69 Å². The lowest BCUT2D eigenvalue weighted by atomic mass is 10.3. The Morgan fingerprint density at radius 1 is 0.963 bits per heavy atom. The molecule has 27 heavy (non-hydrogen) atoms. The van der Waals surface area contributed by atoms with Crippen LogP contribution in [0.5, 0.6) is 0 Å². The summed E-state index contributed by atoms with van der Waals surface area (Å²) in [7, 11) is 0. The van der Waals surface area contributed by atoms with E-state index in [-0.39, 0.29) is 24.0 Å². The molecule has 3 rings (SSSR count). The molecule has 2 saturated heterocycles. The highest BCUT2D eigenvalue weighted by molar-refractivity contribution is 5.79. The van der Waals surface area contributed by atoms with Gasteiger partial charge in [0.05, 0.1) is 11.5 Å². The number of aromatic nitrogens is 2. The van der Waals surface area contributed by atoms with Crippen molar-refractivity contribution in [2.45, 2.75) is 33.2 Å². The predicted molar refractivity (Wildman–Crippen MR) is 97.2 cm³/mol. The molecular weight excluding hydrogens is 352 g/mol. The van der Waals surface area contributed by atoms with E-state index < -0.39 is 4.92 Å². The first-order valence-electron chi connectivity index (χ1n) is 9.33. The third-order valence-corrected chi connectivity index (χ3v) is 5.35. The average molecular weight is 378 g/mol. The van der Waals surface area contributed by atoms with Crippen LogP contribution in [0.25, 0.3) is 0 Å². The largest absolute Gasteiger partial charge is 0.342 e. The van der Waals surface area contributed by atoms with Crippen LogP contribution in [-0.2, 0) is 16.1 Å². The van der Waals surface area contributed by atoms with Gasteiger partial charge in [0.25, 0.3) is 0 Å². The first-order valence-corrected chi connectivity index (χ1v) is 9.33. The number of carbonyl (C=O) groups excluding carboxylic acids is 2. The molecule has 0 bridgehead atoms. The number of carbonyl (C=O) groups is 2. The van der Waals surface area contributed by atoms with Gasteiger partial charge in [-0.3, -0.25) is 29.3 Å². The highest BCUT2D eigenvalue weighted by Crippen LogP contribution is 2.21. The lowest BCUT2D eigenvalue weighted by molar-refractivity contribution is -0.386. The second-order valence-corrected chi connectivity index (χ2v) is 7.18. The summed E-state index contributed by atoms with van der Waals surface area (Å²) in [5, 5.41) is 15.2. The van der Waals surface area contributed by atoms with E-state index in [0.29, 0.717) is 44.1 Å². The van der Waals surface area contributed by atoms with E-state index >= 15 is 0 Å². The first-order chi connectivity index (χ1) is 12.9. The Morgan fingerprint density at radius 2 is 1.52 bits per heavy atom. The standard InChI is InChI=1S/C17H26N6O4/c1-13-17(23(26)27)14(2)22(18-13)12-16(25)21-9-7-19(8-10-21)11-15(24)20-5-3-4-6-20/h3-12H2,1-2H3. The molecule has 0 N–H and O–H groups in total. The Labute approximate surface area is 157 Å². The predicted octanol–water partition coefficient (Wildman–Crippen LogP) is 0.175. The van der Waals surface area contributed by atoms with Crippen LogP contribution < -0.4 is 0 Å². The van der Waals surface area contributed by atoms with Gasteiger partial charge in [-0.05, 0) is 26.7 Å². The number of piperazine rings is 1. The van der Waals surface area contributed by atoms with E-state index in [1.54, 1.807) is 18.7 Å². The fourth-order valence-electron chi connectivity index (χ4n) is 3.75. The van der Waals surface area contributed by atoms with Crippen LogP contribution in [0.3, 0.4) is 0 Å². The summed E-state index contributed by atoms with van der Waals surface area (Å²) in [6, 6.07) is 0. The Hall–Kier alpha value is -2.49. The highest BCUT2D eigenvalue weighted by atomic mass is 16.6. The van der Waals surface area contributed by atoms with Gasteiger partial charge in [-0.1, -0.05) is 0 Å². The Morgan fingerprint density at radius 3 is 2.07 bits per heavy atom. The maximum atomic E-state index is 12.5. The smallest absolute Gasteiger partial charge is 0.312 e. The minimum atomic E-state index is -0.463. The molecule has 0 saturated carbocycles. The molecule has 3 heterocycles. The van der Waals surface area contributed by atoms with Gasteiger partial charge >= 0.3 is 5.69 Å². The number of aryl methyl sites for hydroxylation is 1. The number of rotatable bonds is 5. The SMILES string of the molecule is Cc1nn(CC(=O)N2CCN(CC(=O)N3CCCC3)CC2)c(C)c1[N+](=O)[O-]. The second kappa shape index (κ2) is 8.03. The zero-order valence-electron chi connectivity index (χ0n) is 15.9. The van der Waals surface area contributed by atoms with Gasteiger partial charge in [-0.25, -0.2) is 0 Å². The Balaban J connectivity index is 1.51. The highest BCUT2D eigenvalue weighted by Gasteiger charge is 2.27. The number of nitro groups is 1. The van der Waals surface area contributed by atoms with E-state index in [9.17, 15) is 19.7 Å². The Kier molecular flexibility index (Phi) is 5.73. The van der Waals surface area contributed by atoms with Crippen molar-refractivity contribution >= 4 is 17.5 Å². The summed E-state index contributed by atoms with van der Waals surface area (Å²) in [4.78, 5) is 41.1. The van der Waals surface area contributed by atoms with E-state index in [0.717, 1.165) is 25.9 Å². The van der Waals surface area contributed by atoms with E-state index in [1.807, 2.05) is 4.90 Å². The molecule has 2 fully saturated rings. The maximum absolute atomic E-state index is 12.5. The summed E-state index contributed by atoms with van der Waals surface area (Å²) >= 11 is 0. The van der Waals surface area contributed by atoms with Crippen LogP contribution in [0.2, 0.25) is 0 Å². The quantitative estimate of drug-likeness (QED) is 0.534. The number of hydrogen-bond acceptors (Lipinski definition) is 6. The monoisotopic (exact) mass is 378 g/mol. The zero-order chi connectivity index (χ0) is 19.6. The van der Waals surface area contributed by atoms with Crippen LogP contribution >= 0.6 is 0 Å². The molecule has 0 atom stereocenters. The van der Waals surface area contributed by atoms with Crippen molar-refractivity contribution in [3.8, 4) is 0 Å². The molecule has 2 aliphatic heterocycles. The van der Waals surface area contributed by atoms with Crippen LogP contribution in [-0.4, -0.2) is 87.0 Å². The number of likely N-dealkylation sites (tertiary alicyclic amines) is 1. The minimum Gasteiger partial charge on any atom is -0.342 e. The summed E-state index contributed by atoms with van der Waals surface area (Å²) < 4.78 is 1.40. The second-order valence-electron chi connectivity index (χ2n) is 7.18. The minimum absolute atomic E-state index is 0.00672. The van der Waals surface area contributed by atoms with Crippen molar-refractivity contribution in [3.63, 3.8) is 0 Å². The topological polar surface area (TPSA) is 105 Å². The molecule has 0 spiro atoms. The summed E-state index contributed by atoms with van der Waals surface area (Å²) in [6.07, 6.45) is 2.16. The van der Waals surface area contributed by atoms with E-state index in [4.69, 9.17) is 0 Å². The van der Waals surface area contributed by atoms with Crippen molar-refractivity contribution in [3.05, 3.63) is 21.5 Å². The molecule has 148 valence electrons. The van der Waals surface area contributed by atoms with Crippen LogP contribution in [0.1, 0.15) is 24.2 Å². The third kappa shape index (κ3) is 4.26.